The van der Waals surface area contributed by atoms with Crippen LogP contribution >= 0.6 is 24.8 Å². The molecule has 1 amide bonds. The lowest BCUT2D eigenvalue weighted by atomic mass is 9.88. The number of carbonyl (C=O) groups is 1. The number of halogens is 2. The average Bonchev–Trinajstić information content (AvgIpc) is 3.22. The Labute approximate surface area is 180 Å². The van der Waals surface area contributed by atoms with Crippen LogP contribution in [0.15, 0.2) is 4.52 Å². The summed E-state index contributed by atoms with van der Waals surface area (Å²) in [6, 6.07) is 0. The van der Waals surface area contributed by atoms with Crippen LogP contribution in [-0.4, -0.2) is 48.1 Å². The standard InChI is InChI=1S/C19H33N5O2.2ClH/c1-24(2)14-17-21-18(23-26-17)19(10-5-3-4-6-11-19)22-16(25)8-7-15-9-12-20-13-15;;/h15,20H,3-14H2,1-2H3,(H,22,25);2*1H. The number of amides is 1. The molecule has 0 bridgehead atoms. The smallest absolute Gasteiger partial charge is 0.240 e. The molecule has 0 aromatic carbocycles. The maximum Gasteiger partial charge on any atom is 0.240 e. The number of carbonyl (C=O) groups excluding carboxylic acids is 1. The van der Waals surface area contributed by atoms with Crippen LogP contribution in [0, 0.1) is 5.92 Å². The second-order valence-corrected chi connectivity index (χ2v) is 8.19. The zero-order chi connectivity index (χ0) is 18.4. The average molecular weight is 436 g/mol. The van der Waals surface area contributed by atoms with E-state index in [9.17, 15) is 4.79 Å². The zero-order valence-electron chi connectivity index (χ0n) is 17.0. The molecule has 1 aromatic rings. The largest absolute Gasteiger partial charge is 0.343 e. The van der Waals surface area contributed by atoms with Gasteiger partial charge in [0.05, 0.1) is 6.54 Å². The Morgan fingerprint density at radius 2 is 1.96 bits per heavy atom. The van der Waals surface area contributed by atoms with Crippen molar-refractivity contribution in [2.75, 3.05) is 27.2 Å². The van der Waals surface area contributed by atoms with E-state index in [2.05, 4.69) is 20.8 Å². The number of aromatic nitrogens is 2. The molecule has 1 atom stereocenters. The fourth-order valence-electron chi connectivity index (χ4n) is 4.15. The van der Waals surface area contributed by atoms with Gasteiger partial charge in [0.2, 0.25) is 11.8 Å². The van der Waals surface area contributed by atoms with Gasteiger partial charge in [0.1, 0.15) is 5.54 Å². The predicted octanol–water partition coefficient (Wildman–Crippen LogP) is 3.03. The van der Waals surface area contributed by atoms with Gasteiger partial charge in [0.15, 0.2) is 5.82 Å². The topological polar surface area (TPSA) is 83.3 Å². The van der Waals surface area contributed by atoms with Gasteiger partial charge in [0, 0.05) is 6.42 Å². The first-order valence-corrected chi connectivity index (χ1v) is 10.1. The van der Waals surface area contributed by atoms with Gasteiger partial charge in [-0.2, -0.15) is 4.98 Å². The second kappa shape index (κ2) is 12.0. The monoisotopic (exact) mass is 435 g/mol. The molecule has 2 heterocycles. The lowest BCUT2D eigenvalue weighted by molar-refractivity contribution is -0.123. The highest BCUT2D eigenvalue weighted by molar-refractivity contribution is 5.85. The molecule has 162 valence electrons. The van der Waals surface area contributed by atoms with Crippen molar-refractivity contribution in [1.82, 2.24) is 25.7 Å². The van der Waals surface area contributed by atoms with Gasteiger partial charge in [-0.1, -0.05) is 30.8 Å². The van der Waals surface area contributed by atoms with E-state index in [1.807, 2.05) is 19.0 Å². The van der Waals surface area contributed by atoms with E-state index < -0.39 is 5.54 Å². The maximum atomic E-state index is 12.7. The van der Waals surface area contributed by atoms with Gasteiger partial charge in [-0.3, -0.25) is 4.79 Å². The fraction of sp³-hybridized carbons (Fsp3) is 0.842. The van der Waals surface area contributed by atoms with Crippen LogP contribution in [-0.2, 0) is 16.9 Å². The summed E-state index contributed by atoms with van der Waals surface area (Å²) in [4.78, 5) is 19.4. The van der Waals surface area contributed by atoms with Crippen LogP contribution in [0.3, 0.4) is 0 Å². The molecule has 1 aliphatic carbocycles. The highest BCUT2D eigenvalue weighted by atomic mass is 35.5. The van der Waals surface area contributed by atoms with Crippen LogP contribution in [0.5, 0.6) is 0 Å². The van der Waals surface area contributed by atoms with Gasteiger partial charge in [0.25, 0.3) is 0 Å². The highest BCUT2D eigenvalue weighted by Gasteiger charge is 2.39. The number of nitrogens with one attached hydrogen (secondary N) is 2. The lowest BCUT2D eigenvalue weighted by Crippen LogP contribution is -2.46. The van der Waals surface area contributed by atoms with Gasteiger partial charge in [-0.25, -0.2) is 0 Å². The van der Waals surface area contributed by atoms with Crippen molar-refractivity contribution in [3.63, 3.8) is 0 Å². The number of nitrogens with zero attached hydrogens (tertiary/aromatic N) is 3. The lowest BCUT2D eigenvalue weighted by Gasteiger charge is -2.31. The van der Waals surface area contributed by atoms with Gasteiger partial charge in [-0.15, -0.1) is 24.8 Å². The van der Waals surface area contributed by atoms with Crippen LogP contribution in [0.1, 0.15) is 69.5 Å². The molecule has 1 aliphatic heterocycles. The highest BCUT2D eigenvalue weighted by Crippen LogP contribution is 2.35. The summed E-state index contributed by atoms with van der Waals surface area (Å²) >= 11 is 0. The van der Waals surface area contributed by atoms with Crippen molar-refractivity contribution in [3.05, 3.63) is 11.7 Å². The Balaban J connectivity index is 0.00000196. The van der Waals surface area contributed by atoms with E-state index in [4.69, 9.17) is 4.52 Å². The van der Waals surface area contributed by atoms with E-state index in [0.717, 1.165) is 45.2 Å². The van der Waals surface area contributed by atoms with Crippen molar-refractivity contribution >= 4 is 30.7 Å². The first-order valence-electron chi connectivity index (χ1n) is 10.1. The normalized spacial score (nSPS) is 21.5. The molecule has 2 N–H and O–H groups in total. The zero-order valence-corrected chi connectivity index (χ0v) is 18.7. The molecular formula is C19H35Cl2N5O2. The molecule has 9 heteroatoms. The summed E-state index contributed by atoms with van der Waals surface area (Å²) in [5.41, 5.74) is -0.463. The Morgan fingerprint density at radius 3 is 2.57 bits per heavy atom. The predicted molar refractivity (Wildman–Crippen MR) is 114 cm³/mol. The Kier molecular flexibility index (Phi) is 10.7. The minimum Gasteiger partial charge on any atom is -0.343 e. The van der Waals surface area contributed by atoms with E-state index in [1.54, 1.807) is 0 Å². The van der Waals surface area contributed by atoms with E-state index in [0.29, 0.717) is 30.6 Å². The Bertz CT molecular complexity index is 583. The molecule has 2 fully saturated rings. The van der Waals surface area contributed by atoms with Crippen LogP contribution in [0.2, 0.25) is 0 Å². The van der Waals surface area contributed by atoms with Gasteiger partial charge >= 0.3 is 0 Å². The van der Waals surface area contributed by atoms with Gasteiger partial charge in [-0.05, 0) is 58.8 Å². The summed E-state index contributed by atoms with van der Waals surface area (Å²) in [7, 11) is 3.95. The molecule has 1 aromatic heterocycles. The Morgan fingerprint density at radius 1 is 1.25 bits per heavy atom. The van der Waals surface area contributed by atoms with Crippen molar-refractivity contribution in [2.45, 2.75) is 69.9 Å². The van der Waals surface area contributed by atoms with Gasteiger partial charge < -0.3 is 20.1 Å². The maximum absolute atomic E-state index is 12.7. The number of hydrogen-bond donors (Lipinski definition) is 2. The summed E-state index contributed by atoms with van der Waals surface area (Å²) in [5, 5.41) is 11.0. The first-order chi connectivity index (χ1) is 12.6. The quantitative estimate of drug-likeness (QED) is 0.640. The molecule has 28 heavy (non-hydrogen) atoms. The third kappa shape index (κ3) is 6.87. The molecule has 3 rings (SSSR count). The van der Waals surface area contributed by atoms with Crippen molar-refractivity contribution in [2.24, 2.45) is 5.92 Å². The fourth-order valence-corrected chi connectivity index (χ4v) is 4.15. The molecule has 1 saturated heterocycles. The van der Waals surface area contributed by atoms with E-state index >= 15 is 0 Å². The van der Waals surface area contributed by atoms with Crippen LogP contribution in [0.4, 0.5) is 0 Å². The molecule has 1 unspecified atom stereocenters. The number of rotatable bonds is 7. The SMILES string of the molecule is CN(C)Cc1nc(C2(NC(=O)CCC3CCNC3)CCCCCC2)no1.Cl.Cl. The van der Waals surface area contributed by atoms with Crippen molar-refractivity contribution in [1.29, 1.82) is 0 Å². The first kappa shape index (κ1) is 25.1. The third-order valence-corrected chi connectivity index (χ3v) is 5.63. The summed E-state index contributed by atoms with van der Waals surface area (Å²) < 4.78 is 5.46. The molecular weight excluding hydrogens is 401 g/mol. The summed E-state index contributed by atoms with van der Waals surface area (Å²) in [6.45, 7) is 2.73. The van der Waals surface area contributed by atoms with Crippen molar-refractivity contribution < 1.29 is 9.32 Å². The Hall–Kier alpha value is -0.890. The summed E-state index contributed by atoms with van der Waals surface area (Å²) in [5.74, 6) is 2.02. The third-order valence-electron chi connectivity index (χ3n) is 5.63. The van der Waals surface area contributed by atoms with E-state index in [1.165, 1.54) is 19.3 Å². The molecule has 2 aliphatic rings. The second-order valence-electron chi connectivity index (χ2n) is 8.19. The molecule has 1 saturated carbocycles. The minimum atomic E-state index is -0.463. The van der Waals surface area contributed by atoms with Crippen LogP contribution < -0.4 is 10.6 Å². The van der Waals surface area contributed by atoms with Crippen LogP contribution in [0.25, 0.3) is 0 Å². The molecule has 0 radical (unpaired) electrons. The summed E-state index contributed by atoms with van der Waals surface area (Å²) in [6.07, 6.45) is 9.08. The minimum absolute atomic E-state index is 0. The van der Waals surface area contributed by atoms with Crippen molar-refractivity contribution in [3.8, 4) is 0 Å². The molecule has 0 spiro atoms. The molecule has 7 nitrogen and oxygen atoms in total. The number of hydrogen-bond acceptors (Lipinski definition) is 6. The van der Waals surface area contributed by atoms with E-state index in [-0.39, 0.29) is 30.7 Å².